The molecule has 0 radical (unpaired) electrons. The van der Waals surface area contributed by atoms with Crippen LogP contribution in [-0.2, 0) is 5.41 Å². The first-order valence-electron chi connectivity index (χ1n) is 21.8. The summed E-state index contributed by atoms with van der Waals surface area (Å²) in [6.45, 7) is 0. The standard InChI is InChI=1S/C60H37N3O/c1-3-17-38(18-4-1)40-21-15-22-41(35-40)52-37-53(63-59(62-52)39-19-5-2-6-20-39)42-23-16-24-43(36-42)58-46-33-34-50-57(56(46)45-26-8-12-30-51(45)61-58)44-25-7-9-27-47(44)60(50)48-28-10-13-31-54(48)64-55-32-14-11-29-49(55)60/h1-37H. The minimum atomic E-state index is -0.572. The van der Waals surface area contributed by atoms with Gasteiger partial charge in [-0.25, -0.2) is 15.0 Å². The fourth-order valence-corrected chi connectivity index (χ4v) is 10.4. The number of benzene rings is 9. The van der Waals surface area contributed by atoms with Crippen LogP contribution in [0.3, 0.4) is 0 Å². The average Bonchev–Trinajstić information content (AvgIpc) is 3.67. The van der Waals surface area contributed by atoms with Gasteiger partial charge in [0.2, 0.25) is 0 Å². The summed E-state index contributed by atoms with van der Waals surface area (Å²) in [6.07, 6.45) is 0. The summed E-state index contributed by atoms with van der Waals surface area (Å²) in [5, 5.41) is 3.42. The minimum Gasteiger partial charge on any atom is -0.457 e. The van der Waals surface area contributed by atoms with E-state index >= 15 is 0 Å². The van der Waals surface area contributed by atoms with Gasteiger partial charge >= 0.3 is 0 Å². The van der Waals surface area contributed by atoms with Crippen LogP contribution in [0.4, 0.5) is 0 Å². The van der Waals surface area contributed by atoms with Crippen LogP contribution in [0.15, 0.2) is 224 Å². The lowest BCUT2D eigenvalue weighted by molar-refractivity contribution is 0.436. The number of ether oxygens (including phenoxy) is 1. The Labute approximate surface area is 370 Å². The molecule has 0 bridgehead atoms. The summed E-state index contributed by atoms with van der Waals surface area (Å²) >= 11 is 0. The number of fused-ring (bicyclic) bond motifs is 13. The first-order valence-corrected chi connectivity index (χ1v) is 21.8. The number of nitrogens with zero attached hydrogens (tertiary/aromatic N) is 3. The van der Waals surface area contributed by atoms with E-state index < -0.39 is 5.41 Å². The lowest BCUT2D eigenvalue weighted by Gasteiger charge is -2.39. The summed E-state index contributed by atoms with van der Waals surface area (Å²) in [5.74, 6) is 2.44. The number of hydrogen-bond donors (Lipinski definition) is 0. The van der Waals surface area contributed by atoms with E-state index in [0.29, 0.717) is 5.82 Å². The van der Waals surface area contributed by atoms with Crippen LogP contribution < -0.4 is 4.74 Å². The maximum atomic E-state index is 6.65. The number of para-hydroxylation sites is 3. The summed E-state index contributed by atoms with van der Waals surface area (Å²) in [7, 11) is 0. The van der Waals surface area contributed by atoms with Crippen LogP contribution in [0.5, 0.6) is 11.5 Å². The molecule has 0 atom stereocenters. The molecule has 298 valence electrons. The van der Waals surface area contributed by atoms with Crippen molar-refractivity contribution in [2.45, 2.75) is 5.41 Å². The molecule has 3 heterocycles. The van der Waals surface area contributed by atoms with E-state index in [-0.39, 0.29) is 0 Å². The predicted molar refractivity (Wildman–Crippen MR) is 259 cm³/mol. The zero-order valence-electron chi connectivity index (χ0n) is 34.6. The first kappa shape index (κ1) is 36.2. The van der Waals surface area contributed by atoms with Gasteiger partial charge in [0.1, 0.15) is 11.5 Å². The summed E-state index contributed by atoms with van der Waals surface area (Å²) in [5.41, 5.74) is 16.6. The van der Waals surface area contributed by atoms with Crippen molar-refractivity contribution in [2.75, 3.05) is 0 Å². The third-order valence-electron chi connectivity index (χ3n) is 13.1. The van der Waals surface area contributed by atoms with Crippen molar-refractivity contribution in [1.29, 1.82) is 0 Å². The molecule has 1 aliphatic carbocycles. The molecule has 4 heteroatoms. The van der Waals surface area contributed by atoms with Crippen molar-refractivity contribution in [3.8, 4) is 78.9 Å². The molecule has 2 aromatic heterocycles. The molecule has 0 saturated heterocycles. The number of rotatable bonds is 5. The Morgan fingerprint density at radius 1 is 0.344 bits per heavy atom. The number of pyridine rings is 1. The van der Waals surface area contributed by atoms with E-state index in [1.807, 2.05) is 24.3 Å². The maximum Gasteiger partial charge on any atom is 0.160 e. The fourth-order valence-electron chi connectivity index (χ4n) is 10.4. The molecular weight excluding hydrogens is 779 g/mol. The van der Waals surface area contributed by atoms with Gasteiger partial charge in [-0.2, -0.15) is 0 Å². The van der Waals surface area contributed by atoms with Gasteiger partial charge in [-0.05, 0) is 69.8 Å². The lowest BCUT2D eigenvalue weighted by Crippen LogP contribution is -2.32. The minimum absolute atomic E-state index is 0.572. The van der Waals surface area contributed by atoms with Gasteiger partial charge in [0, 0.05) is 49.5 Å². The van der Waals surface area contributed by atoms with Crippen LogP contribution in [0.1, 0.15) is 22.3 Å². The Balaban J connectivity index is 1.03. The van der Waals surface area contributed by atoms with Gasteiger partial charge in [0.15, 0.2) is 5.82 Å². The maximum absolute atomic E-state index is 6.65. The number of aromatic nitrogens is 3. The lowest BCUT2D eigenvalue weighted by atomic mass is 9.66. The van der Waals surface area contributed by atoms with Crippen molar-refractivity contribution in [3.63, 3.8) is 0 Å². The second-order valence-corrected chi connectivity index (χ2v) is 16.6. The smallest absolute Gasteiger partial charge is 0.160 e. The first-order chi connectivity index (χ1) is 31.7. The second-order valence-electron chi connectivity index (χ2n) is 16.6. The van der Waals surface area contributed by atoms with Crippen molar-refractivity contribution in [3.05, 3.63) is 247 Å². The molecular formula is C60H37N3O. The van der Waals surface area contributed by atoms with Gasteiger partial charge in [-0.15, -0.1) is 0 Å². The molecule has 9 aromatic carbocycles. The van der Waals surface area contributed by atoms with E-state index in [4.69, 9.17) is 19.7 Å². The fraction of sp³-hybridized carbons (Fsp3) is 0.0167. The van der Waals surface area contributed by atoms with E-state index in [9.17, 15) is 0 Å². The normalized spacial score (nSPS) is 12.9. The zero-order valence-corrected chi connectivity index (χ0v) is 34.6. The number of hydrogen-bond acceptors (Lipinski definition) is 4. The highest BCUT2D eigenvalue weighted by molar-refractivity contribution is 6.19. The topological polar surface area (TPSA) is 47.9 Å². The molecule has 0 amide bonds. The van der Waals surface area contributed by atoms with Crippen molar-refractivity contribution in [2.24, 2.45) is 0 Å². The molecule has 0 unspecified atom stereocenters. The largest absolute Gasteiger partial charge is 0.457 e. The molecule has 2 aliphatic rings. The Hall–Kier alpha value is -8.47. The Morgan fingerprint density at radius 2 is 0.891 bits per heavy atom. The molecule has 0 saturated carbocycles. The Bertz CT molecular complexity index is 3610. The van der Waals surface area contributed by atoms with Crippen LogP contribution in [-0.4, -0.2) is 15.0 Å². The van der Waals surface area contributed by atoms with E-state index in [2.05, 4.69) is 200 Å². The van der Waals surface area contributed by atoms with Gasteiger partial charge in [0.05, 0.1) is 28.0 Å². The predicted octanol–water partition coefficient (Wildman–Crippen LogP) is 15.0. The van der Waals surface area contributed by atoms with Gasteiger partial charge in [0.25, 0.3) is 0 Å². The Kier molecular flexibility index (Phi) is 8.09. The van der Waals surface area contributed by atoms with Crippen molar-refractivity contribution < 1.29 is 4.74 Å². The monoisotopic (exact) mass is 815 g/mol. The van der Waals surface area contributed by atoms with Gasteiger partial charge in [-0.3, -0.25) is 0 Å². The van der Waals surface area contributed by atoms with Gasteiger partial charge < -0.3 is 4.74 Å². The SMILES string of the molecule is c1ccc(-c2cccc(-c3cc(-c4cccc(-c5nc6ccccc6c6c7c(ccc56)C5(c6ccccc6Oc6ccccc65)c5ccccc5-7)c4)nc(-c4ccccc4)n3)c2)cc1. The molecule has 1 aliphatic heterocycles. The summed E-state index contributed by atoms with van der Waals surface area (Å²) in [6, 6.07) is 79.4. The summed E-state index contributed by atoms with van der Waals surface area (Å²) < 4.78 is 6.65. The van der Waals surface area contributed by atoms with Gasteiger partial charge in [-0.1, -0.05) is 188 Å². The molecule has 1 spiro atoms. The molecule has 0 N–H and O–H groups in total. The highest BCUT2D eigenvalue weighted by Gasteiger charge is 2.51. The molecule has 0 fully saturated rings. The third kappa shape index (κ3) is 5.46. The molecule has 11 aromatic rings. The average molecular weight is 816 g/mol. The van der Waals surface area contributed by atoms with Crippen LogP contribution >= 0.6 is 0 Å². The second kappa shape index (κ2) is 14.3. The van der Waals surface area contributed by atoms with Crippen molar-refractivity contribution >= 4 is 21.7 Å². The highest BCUT2D eigenvalue weighted by Crippen LogP contribution is 2.63. The zero-order chi connectivity index (χ0) is 42.2. The summed E-state index contributed by atoms with van der Waals surface area (Å²) in [4.78, 5) is 15.9. The van der Waals surface area contributed by atoms with Crippen LogP contribution in [0.2, 0.25) is 0 Å². The van der Waals surface area contributed by atoms with E-state index in [1.54, 1.807) is 0 Å². The van der Waals surface area contributed by atoms with Crippen LogP contribution in [0, 0.1) is 0 Å². The third-order valence-corrected chi connectivity index (χ3v) is 13.1. The van der Waals surface area contributed by atoms with Crippen LogP contribution in [0.25, 0.3) is 89.1 Å². The molecule has 4 nitrogen and oxygen atoms in total. The van der Waals surface area contributed by atoms with E-state index in [0.717, 1.165) is 89.4 Å². The van der Waals surface area contributed by atoms with E-state index in [1.165, 1.54) is 27.6 Å². The quantitative estimate of drug-likeness (QED) is 0.162. The highest BCUT2D eigenvalue weighted by atomic mass is 16.5. The Morgan fingerprint density at radius 3 is 1.61 bits per heavy atom. The molecule has 64 heavy (non-hydrogen) atoms. The van der Waals surface area contributed by atoms with Crippen molar-refractivity contribution in [1.82, 2.24) is 15.0 Å². The molecule has 13 rings (SSSR count).